The van der Waals surface area contributed by atoms with E-state index in [9.17, 15) is 36.0 Å². The van der Waals surface area contributed by atoms with Crippen molar-refractivity contribution in [3.05, 3.63) is 90.8 Å². The number of imidazole rings is 1. The van der Waals surface area contributed by atoms with Gasteiger partial charge >= 0.3 is 5.97 Å². The number of fused-ring (bicyclic) bond motifs is 1. The summed E-state index contributed by atoms with van der Waals surface area (Å²) in [5.74, 6) is -0.230. The van der Waals surface area contributed by atoms with Crippen molar-refractivity contribution in [2.75, 3.05) is 50.5 Å². The molecule has 0 saturated heterocycles. The summed E-state index contributed by atoms with van der Waals surface area (Å²) in [6, 6.07) is 21.8. The first kappa shape index (κ1) is 57.3. The van der Waals surface area contributed by atoms with Gasteiger partial charge in [0.2, 0.25) is 17.7 Å². The number of esters is 1. The second-order valence-corrected chi connectivity index (χ2v) is 28.7. The number of ether oxygens (including phenoxy) is 1. The topological polar surface area (TPSA) is 245 Å². The fraction of sp³-hybridized carbons (Fsp3) is 0.420. The number of carbonyl (C=O) groups is 4. The van der Waals surface area contributed by atoms with Crippen LogP contribution < -0.4 is 30.7 Å². The predicted molar refractivity (Wildman–Crippen MR) is 284 cm³/mol. The van der Waals surface area contributed by atoms with E-state index < -0.39 is 33.8 Å². The predicted octanol–water partition coefficient (Wildman–Crippen LogP) is 9.52. The van der Waals surface area contributed by atoms with E-state index in [1.165, 1.54) is 69.3 Å². The van der Waals surface area contributed by atoms with Gasteiger partial charge in [-0.1, -0.05) is 62.3 Å². The summed E-state index contributed by atoms with van der Waals surface area (Å²) in [7, 11) is -9.64. The van der Waals surface area contributed by atoms with Crippen molar-refractivity contribution in [1.82, 2.24) is 9.55 Å². The molecular formula is C50H70N8O10S2Si. The van der Waals surface area contributed by atoms with Gasteiger partial charge in [0.1, 0.15) is 12.4 Å². The molecule has 0 aliphatic heterocycles. The number of amides is 3. The highest BCUT2D eigenvalue weighted by Crippen LogP contribution is 2.37. The Morgan fingerprint density at radius 3 is 1.55 bits per heavy atom. The van der Waals surface area contributed by atoms with Crippen LogP contribution in [0.2, 0.25) is 18.1 Å². The van der Waals surface area contributed by atoms with E-state index in [-0.39, 0.29) is 50.5 Å². The van der Waals surface area contributed by atoms with E-state index in [1.54, 1.807) is 57.2 Å². The molecule has 0 spiro atoms. The van der Waals surface area contributed by atoms with Gasteiger partial charge in [-0.2, -0.15) is 0 Å². The van der Waals surface area contributed by atoms with Crippen molar-refractivity contribution in [1.29, 1.82) is 0 Å². The van der Waals surface area contributed by atoms with Crippen LogP contribution in [0.15, 0.2) is 94.7 Å². The molecular weight excluding hydrogens is 965 g/mol. The maximum absolute atomic E-state index is 13.0. The molecule has 0 saturated carbocycles. The zero-order valence-electron chi connectivity index (χ0n) is 43.2. The molecule has 0 bridgehead atoms. The Morgan fingerprint density at radius 1 is 0.620 bits per heavy atom. The summed E-state index contributed by atoms with van der Waals surface area (Å²) in [4.78, 5) is 51.1. The fourth-order valence-corrected chi connectivity index (χ4v) is 9.57. The smallest absolute Gasteiger partial charge is 0.302 e. The lowest BCUT2D eigenvalue weighted by atomic mass is 9.95. The maximum Gasteiger partial charge on any atom is 0.302 e. The first-order valence-corrected chi connectivity index (χ1v) is 28.8. The Labute approximate surface area is 419 Å². The molecule has 0 fully saturated rings. The molecule has 21 heteroatoms. The van der Waals surface area contributed by atoms with Crippen molar-refractivity contribution in [3.63, 3.8) is 0 Å². The highest BCUT2D eigenvalue weighted by atomic mass is 32.2. The quantitative estimate of drug-likeness (QED) is 0.0290. The van der Waals surface area contributed by atoms with Gasteiger partial charge in [-0.3, -0.25) is 28.6 Å². The first-order chi connectivity index (χ1) is 32.7. The monoisotopic (exact) mass is 1030 g/mol. The number of aromatic nitrogens is 2. The largest absolute Gasteiger partial charge is 0.464 e. The normalized spacial score (nSPS) is 12.3. The fourth-order valence-electron chi connectivity index (χ4n) is 6.43. The zero-order valence-corrected chi connectivity index (χ0v) is 45.8. The van der Waals surface area contributed by atoms with E-state index >= 15 is 0 Å². The molecule has 1 aromatic heterocycles. The average molecular weight is 1040 g/mol. The lowest BCUT2D eigenvalue weighted by Gasteiger charge is -2.36. The van der Waals surface area contributed by atoms with Gasteiger partial charge in [-0.05, 0) is 103 Å². The van der Waals surface area contributed by atoms with E-state index in [0.717, 1.165) is 11.3 Å². The Hall–Kier alpha value is -6.29. The van der Waals surface area contributed by atoms with Crippen molar-refractivity contribution < 1.29 is 45.2 Å². The van der Waals surface area contributed by atoms with Crippen molar-refractivity contribution in [2.45, 2.75) is 123 Å². The third-order valence-corrected chi connectivity index (χ3v) is 18.5. The molecule has 0 atom stereocenters. The minimum absolute atomic E-state index is 0.0388. The number of hydrogen-bond acceptors (Lipinski definition) is 12. The average Bonchev–Trinajstić information content (AvgIpc) is 3.60. The molecule has 71 heavy (non-hydrogen) atoms. The van der Waals surface area contributed by atoms with Gasteiger partial charge < -0.3 is 35.0 Å². The zero-order chi connectivity index (χ0) is 53.3. The number of benzene rings is 4. The number of hydrogen-bond donors (Lipinski definition) is 6. The van der Waals surface area contributed by atoms with Crippen LogP contribution in [0.3, 0.4) is 0 Å². The van der Waals surface area contributed by atoms with Crippen LogP contribution in [0.1, 0.15) is 88.9 Å². The van der Waals surface area contributed by atoms with E-state index in [1.807, 2.05) is 25.3 Å². The van der Waals surface area contributed by atoms with Crippen molar-refractivity contribution in [2.24, 2.45) is 5.41 Å². The Bertz CT molecular complexity index is 2940. The number of carbonyl (C=O) groups excluding carboxylic acids is 4. The Kier molecular flexibility index (Phi) is 18.4. The lowest BCUT2D eigenvalue weighted by Crippen LogP contribution is -2.41. The minimum Gasteiger partial charge on any atom is -0.464 e. The molecule has 0 aliphatic carbocycles. The third kappa shape index (κ3) is 16.6. The summed E-state index contributed by atoms with van der Waals surface area (Å²) in [6.07, 6.45) is 0. The van der Waals surface area contributed by atoms with Crippen LogP contribution in [0, 0.1) is 5.41 Å². The summed E-state index contributed by atoms with van der Waals surface area (Å²) in [5.41, 5.74) is 3.31. The van der Waals surface area contributed by atoms with Gasteiger partial charge in [-0.15, -0.1) is 0 Å². The molecule has 0 unspecified atom stereocenters. The summed E-state index contributed by atoms with van der Waals surface area (Å²) >= 11 is 0. The van der Waals surface area contributed by atoms with Gasteiger partial charge in [0.25, 0.3) is 20.0 Å². The van der Waals surface area contributed by atoms with Crippen LogP contribution >= 0.6 is 0 Å². The molecule has 4 aromatic carbocycles. The van der Waals surface area contributed by atoms with Gasteiger partial charge in [-0.25, -0.2) is 21.8 Å². The summed E-state index contributed by atoms with van der Waals surface area (Å²) in [5, 5.41) is 11.5. The molecule has 5 rings (SSSR count). The molecule has 386 valence electrons. The Balaban J connectivity index is 0.000000311. The molecule has 1 heterocycles. The molecule has 0 radical (unpaired) electrons. The van der Waals surface area contributed by atoms with Gasteiger partial charge in [0.05, 0.1) is 56.7 Å². The van der Waals surface area contributed by atoms with E-state index in [2.05, 4.69) is 64.6 Å². The highest BCUT2D eigenvalue weighted by molar-refractivity contribution is 7.93. The van der Waals surface area contributed by atoms with Crippen LogP contribution in [0.4, 0.5) is 34.1 Å². The summed E-state index contributed by atoms with van der Waals surface area (Å²) in [6.45, 7) is 28.3. The van der Waals surface area contributed by atoms with E-state index in [0.29, 0.717) is 59.3 Å². The van der Waals surface area contributed by atoms with E-state index in [4.69, 9.17) is 14.1 Å². The van der Waals surface area contributed by atoms with Crippen molar-refractivity contribution >= 4 is 97.2 Å². The SMILES string of the molecule is CC(=O)Nc1ccc(S(=O)(=O)Nc2ccc(NCCO[Si](C)(C)C(C)(C)C)c(NC(=O)C(C)(C)C)c2)cc1.CC(=O)Nc1ccc(S(=O)(=O)Nc2ccc3c(c2)nc(C(C)(C)C)n3CCOC(C)=O)cc1. The molecule has 18 nitrogen and oxygen atoms in total. The Morgan fingerprint density at radius 2 is 1.10 bits per heavy atom. The van der Waals surface area contributed by atoms with Crippen LogP contribution in [-0.4, -0.2) is 78.2 Å². The molecule has 6 N–H and O–H groups in total. The number of nitrogens with one attached hydrogen (secondary N) is 6. The van der Waals surface area contributed by atoms with Gasteiger partial charge in [0.15, 0.2) is 8.32 Å². The standard InChI is InChI=1S/C27H42N4O5SSi.C23H28N4O5S/c1-19(32)29-20-10-13-22(14-11-20)37(34,35)31-21-12-15-23(24(18-21)30-25(33)26(2,3)4)28-16-17-36-38(8,9)27(5,6)7;1-15(28)24-17-6-9-19(10-7-17)33(30,31)26-18-8-11-21-20(14-18)25-22(23(3,4)5)27(21)12-13-32-16(2)29/h10-15,18,28,31H,16-17H2,1-9H3,(H,29,32)(H,30,33);6-11,14,26H,12-13H2,1-5H3,(H,24,28). The minimum atomic E-state index is -3.91. The summed E-state index contributed by atoms with van der Waals surface area (Å²) < 4.78 is 70.1. The van der Waals surface area contributed by atoms with Crippen LogP contribution in [0.25, 0.3) is 11.0 Å². The molecule has 5 aromatic rings. The maximum atomic E-state index is 13.0. The van der Waals surface area contributed by atoms with Crippen molar-refractivity contribution in [3.8, 4) is 0 Å². The second-order valence-electron chi connectivity index (χ2n) is 20.5. The van der Waals surface area contributed by atoms with Gasteiger partial charge in [0, 0.05) is 49.5 Å². The number of nitrogens with zero attached hydrogens (tertiary/aromatic N) is 2. The number of rotatable bonds is 17. The third-order valence-electron chi connectivity index (χ3n) is 11.1. The number of anilines is 6. The molecule has 0 aliphatic rings. The lowest BCUT2D eigenvalue weighted by molar-refractivity contribution is -0.141. The highest BCUT2D eigenvalue weighted by Gasteiger charge is 2.37. The molecule has 3 amide bonds. The van der Waals surface area contributed by atoms with Crippen LogP contribution in [-0.2, 0) is 60.3 Å². The van der Waals surface area contributed by atoms with Crippen LogP contribution in [0.5, 0.6) is 0 Å². The second kappa shape index (κ2) is 22.8. The number of sulfonamides is 2. The first-order valence-electron chi connectivity index (χ1n) is 23.0.